The summed E-state index contributed by atoms with van der Waals surface area (Å²) in [7, 11) is 0. The topological polar surface area (TPSA) is 72.1 Å². The molecular formula is C16H17FN4O. The zero-order chi connectivity index (χ0) is 15.5. The van der Waals surface area contributed by atoms with Gasteiger partial charge in [0, 0.05) is 37.1 Å². The molecule has 0 spiro atoms. The van der Waals surface area contributed by atoms with Gasteiger partial charge in [-0.15, -0.1) is 0 Å². The molecule has 0 aromatic carbocycles. The lowest BCUT2D eigenvalue weighted by Gasteiger charge is -2.32. The largest absolute Gasteiger partial charge is 0.369 e. The van der Waals surface area contributed by atoms with Crippen molar-refractivity contribution in [1.82, 2.24) is 9.97 Å². The Morgan fingerprint density at radius 2 is 2.14 bits per heavy atom. The minimum absolute atomic E-state index is 0.121. The Labute approximate surface area is 128 Å². The number of rotatable bonds is 3. The Hall–Kier alpha value is -2.50. The average molecular weight is 300 g/mol. The van der Waals surface area contributed by atoms with Gasteiger partial charge in [0.1, 0.15) is 5.82 Å². The van der Waals surface area contributed by atoms with E-state index in [0.717, 1.165) is 36.3 Å². The lowest BCUT2D eigenvalue weighted by atomic mass is 9.97. The lowest BCUT2D eigenvalue weighted by molar-refractivity contribution is -0.122. The quantitative estimate of drug-likeness (QED) is 0.880. The Morgan fingerprint density at radius 3 is 2.82 bits per heavy atom. The van der Waals surface area contributed by atoms with E-state index in [2.05, 4.69) is 14.9 Å². The van der Waals surface area contributed by atoms with E-state index < -0.39 is 5.95 Å². The smallest absolute Gasteiger partial charge is 0.222 e. The molecule has 5 nitrogen and oxygen atoms in total. The second kappa shape index (κ2) is 6.09. The standard InChI is InChI=1S/C16H17FN4O/c17-14-8-11(5-6-19-14)12-3-4-15(20-9-12)21-7-1-2-13(10-21)16(18)22/h3-6,8-9,13H,1-2,7,10H2,(H2,18,22). The summed E-state index contributed by atoms with van der Waals surface area (Å²) in [6.45, 7) is 1.46. The van der Waals surface area contributed by atoms with Crippen molar-refractivity contribution >= 4 is 11.7 Å². The number of hydrogen-bond acceptors (Lipinski definition) is 4. The molecule has 0 bridgehead atoms. The number of aromatic nitrogens is 2. The highest BCUT2D eigenvalue weighted by Gasteiger charge is 2.24. The van der Waals surface area contributed by atoms with Crippen LogP contribution in [0.4, 0.5) is 10.2 Å². The molecule has 1 amide bonds. The van der Waals surface area contributed by atoms with Gasteiger partial charge < -0.3 is 10.6 Å². The number of nitrogens with two attached hydrogens (primary N) is 1. The molecule has 0 saturated carbocycles. The van der Waals surface area contributed by atoms with Crippen molar-refractivity contribution in [2.75, 3.05) is 18.0 Å². The summed E-state index contributed by atoms with van der Waals surface area (Å²) in [6, 6.07) is 6.90. The molecule has 0 radical (unpaired) electrons. The second-order valence-electron chi connectivity index (χ2n) is 5.46. The number of piperidine rings is 1. The van der Waals surface area contributed by atoms with Gasteiger partial charge in [-0.3, -0.25) is 4.79 Å². The summed E-state index contributed by atoms with van der Waals surface area (Å²) in [5, 5.41) is 0. The SMILES string of the molecule is NC(=O)C1CCCN(c2ccc(-c3ccnc(F)c3)cn2)C1. The molecule has 1 aliphatic heterocycles. The molecule has 3 heterocycles. The van der Waals surface area contributed by atoms with Crippen molar-refractivity contribution in [1.29, 1.82) is 0 Å². The maximum atomic E-state index is 13.2. The van der Waals surface area contributed by atoms with Crippen LogP contribution in [0, 0.1) is 11.9 Å². The van der Waals surface area contributed by atoms with Crippen molar-refractivity contribution in [3.63, 3.8) is 0 Å². The van der Waals surface area contributed by atoms with E-state index in [1.165, 1.54) is 12.3 Å². The van der Waals surface area contributed by atoms with Crippen LogP contribution >= 0.6 is 0 Å². The summed E-state index contributed by atoms with van der Waals surface area (Å²) in [4.78, 5) is 21.4. The number of nitrogens with zero attached hydrogens (tertiary/aromatic N) is 3. The fourth-order valence-corrected chi connectivity index (χ4v) is 2.74. The van der Waals surface area contributed by atoms with Crippen LogP contribution in [0.3, 0.4) is 0 Å². The predicted octanol–water partition coefficient (Wildman–Crippen LogP) is 1.98. The number of hydrogen-bond donors (Lipinski definition) is 1. The number of primary amides is 1. The summed E-state index contributed by atoms with van der Waals surface area (Å²) >= 11 is 0. The maximum absolute atomic E-state index is 13.2. The van der Waals surface area contributed by atoms with Crippen LogP contribution in [0.15, 0.2) is 36.7 Å². The first-order valence-corrected chi connectivity index (χ1v) is 7.26. The molecule has 1 unspecified atom stereocenters. The normalized spacial score (nSPS) is 18.2. The van der Waals surface area contributed by atoms with Crippen LogP contribution < -0.4 is 10.6 Å². The zero-order valence-corrected chi connectivity index (χ0v) is 12.1. The molecule has 1 aliphatic rings. The molecule has 2 N–H and O–H groups in total. The third-order valence-corrected chi connectivity index (χ3v) is 3.96. The van der Waals surface area contributed by atoms with Gasteiger partial charge in [-0.2, -0.15) is 4.39 Å². The van der Waals surface area contributed by atoms with Crippen LogP contribution in [-0.2, 0) is 4.79 Å². The summed E-state index contributed by atoms with van der Waals surface area (Å²) in [6.07, 6.45) is 4.89. The highest BCUT2D eigenvalue weighted by molar-refractivity contribution is 5.77. The fraction of sp³-hybridized carbons (Fsp3) is 0.312. The molecule has 22 heavy (non-hydrogen) atoms. The van der Waals surface area contributed by atoms with E-state index >= 15 is 0 Å². The van der Waals surface area contributed by atoms with E-state index in [9.17, 15) is 9.18 Å². The van der Waals surface area contributed by atoms with Gasteiger partial charge in [-0.1, -0.05) is 0 Å². The van der Waals surface area contributed by atoms with E-state index in [1.807, 2.05) is 12.1 Å². The van der Waals surface area contributed by atoms with Crippen LogP contribution in [-0.4, -0.2) is 29.0 Å². The molecular weight excluding hydrogens is 283 g/mol. The molecule has 2 aromatic heterocycles. The molecule has 1 saturated heterocycles. The first kappa shape index (κ1) is 14.4. The highest BCUT2D eigenvalue weighted by atomic mass is 19.1. The summed E-state index contributed by atoms with van der Waals surface area (Å²) < 4.78 is 13.2. The number of anilines is 1. The lowest BCUT2D eigenvalue weighted by Crippen LogP contribution is -2.41. The zero-order valence-electron chi connectivity index (χ0n) is 12.1. The van der Waals surface area contributed by atoms with Crippen LogP contribution in [0.5, 0.6) is 0 Å². The second-order valence-corrected chi connectivity index (χ2v) is 5.46. The summed E-state index contributed by atoms with van der Waals surface area (Å²) in [5.41, 5.74) is 6.96. The molecule has 3 rings (SSSR count). The van der Waals surface area contributed by atoms with Gasteiger partial charge in [0.05, 0.1) is 5.92 Å². The van der Waals surface area contributed by atoms with E-state index in [4.69, 9.17) is 5.73 Å². The Morgan fingerprint density at radius 1 is 1.27 bits per heavy atom. The molecule has 0 aliphatic carbocycles. The van der Waals surface area contributed by atoms with Crippen molar-refractivity contribution < 1.29 is 9.18 Å². The average Bonchev–Trinajstić information content (AvgIpc) is 2.55. The first-order valence-electron chi connectivity index (χ1n) is 7.26. The monoisotopic (exact) mass is 300 g/mol. The van der Waals surface area contributed by atoms with Crippen molar-refractivity contribution in [3.05, 3.63) is 42.6 Å². The summed E-state index contributed by atoms with van der Waals surface area (Å²) in [5.74, 6) is -0.0794. The number of amides is 1. The van der Waals surface area contributed by atoms with E-state index in [1.54, 1.807) is 12.3 Å². The van der Waals surface area contributed by atoms with Crippen LogP contribution in [0.1, 0.15) is 12.8 Å². The number of halogens is 1. The Bertz CT molecular complexity index is 674. The van der Waals surface area contributed by atoms with Crippen molar-refractivity contribution in [2.45, 2.75) is 12.8 Å². The first-order chi connectivity index (χ1) is 10.6. The third-order valence-electron chi connectivity index (χ3n) is 3.96. The molecule has 6 heteroatoms. The Kier molecular flexibility index (Phi) is 4.00. The van der Waals surface area contributed by atoms with Crippen LogP contribution in [0.25, 0.3) is 11.1 Å². The minimum Gasteiger partial charge on any atom is -0.369 e. The molecule has 114 valence electrons. The Balaban J connectivity index is 1.78. The van der Waals surface area contributed by atoms with Gasteiger partial charge >= 0.3 is 0 Å². The minimum atomic E-state index is -0.512. The third kappa shape index (κ3) is 3.05. The van der Waals surface area contributed by atoms with Gasteiger partial charge in [-0.05, 0) is 36.6 Å². The predicted molar refractivity (Wildman–Crippen MR) is 81.6 cm³/mol. The van der Waals surface area contributed by atoms with Gasteiger partial charge in [0.15, 0.2) is 0 Å². The van der Waals surface area contributed by atoms with Gasteiger partial charge in [0.25, 0.3) is 0 Å². The van der Waals surface area contributed by atoms with Gasteiger partial charge in [0.2, 0.25) is 11.9 Å². The molecule has 2 aromatic rings. The molecule has 1 fully saturated rings. The number of pyridine rings is 2. The fourth-order valence-electron chi connectivity index (χ4n) is 2.74. The number of carbonyl (C=O) groups is 1. The maximum Gasteiger partial charge on any atom is 0.222 e. The van der Waals surface area contributed by atoms with Crippen LogP contribution in [0.2, 0.25) is 0 Å². The van der Waals surface area contributed by atoms with E-state index in [0.29, 0.717) is 6.54 Å². The highest BCUT2D eigenvalue weighted by Crippen LogP contribution is 2.24. The molecule has 1 atom stereocenters. The van der Waals surface area contributed by atoms with Crippen molar-refractivity contribution in [2.24, 2.45) is 11.7 Å². The van der Waals surface area contributed by atoms with Gasteiger partial charge in [-0.25, -0.2) is 9.97 Å². The van der Waals surface area contributed by atoms with E-state index in [-0.39, 0.29) is 11.8 Å². The van der Waals surface area contributed by atoms with Crippen molar-refractivity contribution in [3.8, 4) is 11.1 Å². The number of carbonyl (C=O) groups excluding carboxylic acids is 1.